The van der Waals surface area contributed by atoms with E-state index in [4.69, 9.17) is 5.11 Å². The first-order chi connectivity index (χ1) is 12.7. The van der Waals surface area contributed by atoms with Gasteiger partial charge in [-0.25, -0.2) is 17.5 Å². The SMILES string of the molecule is CC(C)CS(=O)(=O)N1CCC(NC(=O)CCc2ccc(C(=O)O)cc2)CC1. The first kappa shape index (κ1) is 21.4. The summed E-state index contributed by atoms with van der Waals surface area (Å²) in [5.74, 6) is -0.788. The van der Waals surface area contributed by atoms with E-state index in [2.05, 4.69) is 5.32 Å². The Morgan fingerprint density at radius 1 is 1.19 bits per heavy atom. The van der Waals surface area contributed by atoms with Gasteiger partial charge in [0.15, 0.2) is 0 Å². The summed E-state index contributed by atoms with van der Waals surface area (Å²) in [6.07, 6.45) is 2.10. The number of aryl methyl sites for hydroxylation is 1. The summed E-state index contributed by atoms with van der Waals surface area (Å²) in [5, 5.41) is 11.9. The Hall–Kier alpha value is -1.93. The number of carboxylic acids is 1. The lowest BCUT2D eigenvalue weighted by Crippen LogP contribution is -2.47. The summed E-state index contributed by atoms with van der Waals surface area (Å²) < 4.78 is 26.0. The molecule has 150 valence electrons. The van der Waals surface area contributed by atoms with Crippen LogP contribution in [0.15, 0.2) is 24.3 Å². The van der Waals surface area contributed by atoms with Crippen LogP contribution in [0.5, 0.6) is 0 Å². The average molecular weight is 397 g/mol. The quantitative estimate of drug-likeness (QED) is 0.698. The van der Waals surface area contributed by atoms with Crippen molar-refractivity contribution in [1.82, 2.24) is 9.62 Å². The molecule has 1 aliphatic heterocycles. The van der Waals surface area contributed by atoms with Crippen molar-refractivity contribution in [3.05, 3.63) is 35.4 Å². The second-order valence-electron chi connectivity index (χ2n) is 7.42. The van der Waals surface area contributed by atoms with E-state index >= 15 is 0 Å². The van der Waals surface area contributed by atoms with Crippen molar-refractivity contribution in [3.8, 4) is 0 Å². The number of carboxylic acid groups (broad SMARTS) is 1. The normalized spacial score (nSPS) is 16.4. The monoisotopic (exact) mass is 396 g/mol. The van der Waals surface area contributed by atoms with Gasteiger partial charge in [0.2, 0.25) is 15.9 Å². The Labute approximate surface area is 160 Å². The van der Waals surface area contributed by atoms with E-state index in [-0.39, 0.29) is 29.2 Å². The molecule has 27 heavy (non-hydrogen) atoms. The standard InChI is InChI=1S/C19H28N2O5S/c1-14(2)13-27(25,26)21-11-9-17(10-12-21)20-18(22)8-5-15-3-6-16(7-4-15)19(23)24/h3-4,6-7,14,17H,5,8-13H2,1-2H3,(H,20,22)(H,23,24). The van der Waals surface area contributed by atoms with Crippen LogP contribution in [0.3, 0.4) is 0 Å². The van der Waals surface area contributed by atoms with Crippen LogP contribution in [0.1, 0.15) is 49.0 Å². The number of hydrogen-bond donors (Lipinski definition) is 2. The lowest BCUT2D eigenvalue weighted by molar-refractivity contribution is -0.122. The third-order valence-corrected chi connectivity index (χ3v) is 6.84. The molecule has 1 aromatic carbocycles. The predicted octanol–water partition coefficient (Wildman–Crippen LogP) is 1.88. The first-order valence-corrected chi connectivity index (χ1v) is 10.9. The van der Waals surface area contributed by atoms with Gasteiger partial charge in [0, 0.05) is 25.6 Å². The molecule has 0 saturated carbocycles. The van der Waals surface area contributed by atoms with E-state index in [9.17, 15) is 18.0 Å². The number of aromatic carboxylic acids is 1. The fourth-order valence-electron chi connectivity index (χ4n) is 3.18. The number of hydrogen-bond acceptors (Lipinski definition) is 4. The van der Waals surface area contributed by atoms with Gasteiger partial charge >= 0.3 is 5.97 Å². The first-order valence-electron chi connectivity index (χ1n) is 9.27. The second kappa shape index (κ2) is 9.32. The van der Waals surface area contributed by atoms with Gasteiger partial charge in [0.1, 0.15) is 0 Å². The molecule has 0 bridgehead atoms. The van der Waals surface area contributed by atoms with Gasteiger partial charge in [0.05, 0.1) is 11.3 Å². The number of rotatable bonds is 8. The van der Waals surface area contributed by atoms with E-state index in [1.54, 1.807) is 12.1 Å². The van der Waals surface area contributed by atoms with Crippen LogP contribution in [0.25, 0.3) is 0 Å². The van der Waals surface area contributed by atoms with Crippen molar-refractivity contribution in [3.63, 3.8) is 0 Å². The Morgan fingerprint density at radius 3 is 2.30 bits per heavy atom. The highest BCUT2D eigenvalue weighted by Gasteiger charge is 2.28. The molecule has 8 heteroatoms. The number of benzene rings is 1. The van der Waals surface area contributed by atoms with Crippen molar-refractivity contribution >= 4 is 21.9 Å². The van der Waals surface area contributed by atoms with Crippen LogP contribution in [0.4, 0.5) is 0 Å². The molecule has 0 aliphatic carbocycles. The Bertz CT molecular complexity index is 751. The number of carbonyl (C=O) groups excluding carboxylic acids is 1. The minimum atomic E-state index is -3.21. The Kier molecular flexibility index (Phi) is 7.38. The molecule has 7 nitrogen and oxygen atoms in total. The zero-order valence-electron chi connectivity index (χ0n) is 15.8. The van der Waals surface area contributed by atoms with Crippen molar-refractivity contribution in [2.24, 2.45) is 5.92 Å². The van der Waals surface area contributed by atoms with E-state index in [1.165, 1.54) is 16.4 Å². The molecular weight excluding hydrogens is 368 g/mol. The molecule has 1 saturated heterocycles. The lowest BCUT2D eigenvalue weighted by atomic mass is 10.0. The largest absolute Gasteiger partial charge is 0.478 e. The molecule has 0 aromatic heterocycles. The molecule has 0 unspecified atom stereocenters. The summed E-state index contributed by atoms with van der Waals surface area (Å²) in [4.78, 5) is 23.0. The summed E-state index contributed by atoms with van der Waals surface area (Å²) in [7, 11) is -3.21. The summed E-state index contributed by atoms with van der Waals surface area (Å²) >= 11 is 0. The van der Waals surface area contributed by atoms with Crippen LogP contribution in [-0.2, 0) is 21.2 Å². The van der Waals surface area contributed by atoms with Gasteiger partial charge in [0.25, 0.3) is 0 Å². The zero-order valence-corrected chi connectivity index (χ0v) is 16.7. The van der Waals surface area contributed by atoms with Crippen LogP contribution < -0.4 is 5.32 Å². The van der Waals surface area contributed by atoms with Crippen molar-refractivity contribution < 1.29 is 23.1 Å². The summed E-state index contributed by atoms with van der Waals surface area (Å²) in [6.45, 7) is 4.66. The molecule has 0 spiro atoms. The van der Waals surface area contributed by atoms with E-state index in [0.717, 1.165) is 5.56 Å². The average Bonchev–Trinajstić information content (AvgIpc) is 2.59. The van der Waals surface area contributed by atoms with Crippen LogP contribution in [-0.4, -0.2) is 54.6 Å². The topological polar surface area (TPSA) is 104 Å². The molecule has 1 aromatic rings. The van der Waals surface area contributed by atoms with Crippen LogP contribution in [0, 0.1) is 5.92 Å². The maximum atomic E-state index is 12.3. The molecule has 1 aliphatic rings. The molecule has 1 heterocycles. The zero-order chi connectivity index (χ0) is 20.0. The fraction of sp³-hybridized carbons (Fsp3) is 0.579. The van der Waals surface area contributed by atoms with Gasteiger partial charge in [-0.05, 0) is 42.9 Å². The van der Waals surface area contributed by atoms with Crippen molar-refractivity contribution in [2.75, 3.05) is 18.8 Å². The molecule has 0 radical (unpaired) electrons. The highest BCUT2D eigenvalue weighted by Crippen LogP contribution is 2.16. The smallest absolute Gasteiger partial charge is 0.335 e. The van der Waals surface area contributed by atoms with Gasteiger partial charge < -0.3 is 10.4 Å². The molecule has 2 N–H and O–H groups in total. The number of nitrogens with one attached hydrogen (secondary N) is 1. The summed E-state index contributed by atoms with van der Waals surface area (Å²) in [6, 6.07) is 6.49. The van der Waals surface area contributed by atoms with Gasteiger partial charge in [-0.2, -0.15) is 0 Å². The predicted molar refractivity (Wildman–Crippen MR) is 103 cm³/mol. The molecule has 1 fully saturated rings. The van der Waals surface area contributed by atoms with Crippen molar-refractivity contribution in [2.45, 2.75) is 45.6 Å². The fourth-order valence-corrected chi connectivity index (χ4v) is 5.00. The third kappa shape index (κ3) is 6.62. The Morgan fingerprint density at radius 2 is 1.78 bits per heavy atom. The molecule has 0 atom stereocenters. The highest BCUT2D eigenvalue weighted by molar-refractivity contribution is 7.89. The van der Waals surface area contributed by atoms with E-state index in [1.807, 2.05) is 13.8 Å². The number of sulfonamides is 1. The highest BCUT2D eigenvalue weighted by atomic mass is 32.2. The van der Waals surface area contributed by atoms with E-state index < -0.39 is 16.0 Å². The molecule has 1 amide bonds. The number of piperidine rings is 1. The van der Waals surface area contributed by atoms with Crippen LogP contribution in [0.2, 0.25) is 0 Å². The molecular formula is C19H28N2O5S. The third-order valence-electron chi connectivity index (χ3n) is 4.60. The molecule has 2 rings (SSSR count). The van der Waals surface area contributed by atoms with Crippen molar-refractivity contribution in [1.29, 1.82) is 0 Å². The van der Waals surface area contributed by atoms with Gasteiger partial charge in [-0.3, -0.25) is 4.79 Å². The number of amides is 1. The minimum Gasteiger partial charge on any atom is -0.478 e. The summed E-state index contributed by atoms with van der Waals surface area (Å²) in [5.41, 5.74) is 1.13. The maximum absolute atomic E-state index is 12.3. The maximum Gasteiger partial charge on any atom is 0.335 e. The second-order valence-corrected chi connectivity index (χ2v) is 9.43. The number of nitrogens with zero attached hydrogens (tertiary/aromatic N) is 1. The van der Waals surface area contributed by atoms with Gasteiger partial charge in [-0.15, -0.1) is 0 Å². The van der Waals surface area contributed by atoms with Gasteiger partial charge in [-0.1, -0.05) is 26.0 Å². The van der Waals surface area contributed by atoms with E-state index in [0.29, 0.717) is 38.8 Å². The lowest BCUT2D eigenvalue weighted by Gasteiger charge is -2.32. The Balaban J connectivity index is 1.75. The van der Waals surface area contributed by atoms with Crippen LogP contribution >= 0.6 is 0 Å². The number of carbonyl (C=O) groups is 2. The minimum absolute atomic E-state index is 0.00242.